The molecule has 1 heteroatoms. The lowest BCUT2D eigenvalue weighted by molar-refractivity contribution is 0.920. The smallest absolute Gasteiger partial charge is 0.100 e. The molecular weight excluding hydrogens is 230 g/mol. The molecule has 0 saturated carbocycles. The van der Waals surface area contributed by atoms with Crippen LogP contribution in [-0.4, -0.2) is 0 Å². The SMILES string of the molecule is CCCc1ccc2c(ccc3ccccc32)c1C#N. The molecule has 0 aliphatic heterocycles. The molecule has 0 unspecified atom stereocenters. The number of rotatable bonds is 2. The molecular formula is C18H15N. The number of hydrogen-bond donors (Lipinski definition) is 0. The first kappa shape index (κ1) is 11.7. The maximum absolute atomic E-state index is 9.47. The molecule has 0 spiro atoms. The van der Waals surface area contributed by atoms with Crippen LogP contribution in [0.15, 0.2) is 48.5 Å². The van der Waals surface area contributed by atoms with E-state index >= 15 is 0 Å². The number of hydrogen-bond acceptors (Lipinski definition) is 1. The molecule has 0 aliphatic rings. The molecule has 0 bridgehead atoms. The summed E-state index contributed by atoms with van der Waals surface area (Å²) in [7, 11) is 0. The highest BCUT2D eigenvalue weighted by Crippen LogP contribution is 2.29. The van der Waals surface area contributed by atoms with E-state index in [1.165, 1.54) is 16.2 Å². The molecule has 0 aliphatic carbocycles. The van der Waals surface area contributed by atoms with E-state index in [-0.39, 0.29) is 0 Å². The second-order valence-electron chi connectivity index (χ2n) is 4.84. The van der Waals surface area contributed by atoms with Gasteiger partial charge in [-0.05, 0) is 28.1 Å². The van der Waals surface area contributed by atoms with Gasteiger partial charge in [0, 0.05) is 5.39 Å². The first-order valence-corrected chi connectivity index (χ1v) is 6.68. The van der Waals surface area contributed by atoms with Crippen molar-refractivity contribution >= 4 is 21.5 Å². The molecule has 0 radical (unpaired) electrons. The van der Waals surface area contributed by atoms with Crippen LogP contribution in [0.2, 0.25) is 0 Å². The zero-order chi connectivity index (χ0) is 13.2. The van der Waals surface area contributed by atoms with E-state index in [0.29, 0.717) is 0 Å². The summed E-state index contributed by atoms with van der Waals surface area (Å²) in [6.45, 7) is 2.14. The van der Waals surface area contributed by atoms with E-state index in [9.17, 15) is 5.26 Å². The molecule has 19 heavy (non-hydrogen) atoms. The average Bonchev–Trinajstić information content (AvgIpc) is 2.47. The summed E-state index contributed by atoms with van der Waals surface area (Å²) in [6, 6.07) is 19.2. The average molecular weight is 245 g/mol. The Bertz CT molecular complexity index is 794. The monoisotopic (exact) mass is 245 g/mol. The molecule has 0 atom stereocenters. The van der Waals surface area contributed by atoms with Gasteiger partial charge in [-0.3, -0.25) is 0 Å². The Labute approximate surface area is 113 Å². The predicted molar refractivity (Wildman–Crippen MR) is 80.2 cm³/mol. The normalized spacial score (nSPS) is 10.7. The number of aryl methyl sites for hydroxylation is 1. The van der Waals surface area contributed by atoms with Crippen LogP contribution >= 0.6 is 0 Å². The largest absolute Gasteiger partial charge is 0.192 e. The maximum Gasteiger partial charge on any atom is 0.100 e. The minimum Gasteiger partial charge on any atom is -0.192 e. The van der Waals surface area contributed by atoms with Crippen molar-refractivity contribution in [1.29, 1.82) is 5.26 Å². The van der Waals surface area contributed by atoms with Crippen LogP contribution in [0.3, 0.4) is 0 Å². The fraction of sp³-hybridized carbons (Fsp3) is 0.167. The van der Waals surface area contributed by atoms with E-state index < -0.39 is 0 Å². The van der Waals surface area contributed by atoms with Crippen LogP contribution in [0.4, 0.5) is 0 Å². The summed E-state index contributed by atoms with van der Waals surface area (Å²) in [4.78, 5) is 0. The molecule has 1 nitrogen and oxygen atoms in total. The van der Waals surface area contributed by atoms with Crippen molar-refractivity contribution in [2.75, 3.05) is 0 Å². The van der Waals surface area contributed by atoms with Crippen molar-refractivity contribution in [2.45, 2.75) is 19.8 Å². The van der Waals surface area contributed by atoms with Gasteiger partial charge in [0.1, 0.15) is 6.07 Å². The molecule has 0 amide bonds. The van der Waals surface area contributed by atoms with Gasteiger partial charge in [-0.1, -0.05) is 61.9 Å². The van der Waals surface area contributed by atoms with Crippen molar-refractivity contribution in [2.24, 2.45) is 0 Å². The van der Waals surface area contributed by atoms with E-state index in [1.54, 1.807) is 0 Å². The second kappa shape index (κ2) is 4.74. The quantitative estimate of drug-likeness (QED) is 0.594. The Hall–Kier alpha value is -2.33. The molecule has 0 saturated heterocycles. The van der Waals surface area contributed by atoms with Gasteiger partial charge in [0.2, 0.25) is 0 Å². The summed E-state index contributed by atoms with van der Waals surface area (Å²) >= 11 is 0. The molecule has 92 valence electrons. The van der Waals surface area contributed by atoms with Crippen LogP contribution in [0.5, 0.6) is 0 Å². The van der Waals surface area contributed by atoms with E-state index in [1.807, 2.05) is 12.1 Å². The first-order valence-electron chi connectivity index (χ1n) is 6.68. The number of fused-ring (bicyclic) bond motifs is 3. The highest BCUT2D eigenvalue weighted by Gasteiger charge is 2.08. The van der Waals surface area contributed by atoms with Crippen molar-refractivity contribution in [3.05, 3.63) is 59.7 Å². The summed E-state index contributed by atoms with van der Waals surface area (Å²) in [6.07, 6.45) is 2.03. The molecule has 0 N–H and O–H groups in total. The van der Waals surface area contributed by atoms with Gasteiger partial charge in [0.25, 0.3) is 0 Å². The fourth-order valence-corrected chi connectivity index (χ4v) is 2.74. The lowest BCUT2D eigenvalue weighted by atomic mass is 9.94. The highest BCUT2D eigenvalue weighted by atomic mass is 14.3. The Kier molecular flexibility index (Phi) is 2.93. The predicted octanol–water partition coefficient (Wildman–Crippen LogP) is 4.82. The number of nitrogens with zero attached hydrogens (tertiary/aromatic N) is 1. The Morgan fingerprint density at radius 1 is 0.895 bits per heavy atom. The summed E-state index contributed by atoms with van der Waals surface area (Å²) in [5.74, 6) is 0. The number of benzene rings is 3. The van der Waals surface area contributed by atoms with Gasteiger partial charge >= 0.3 is 0 Å². The van der Waals surface area contributed by atoms with Gasteiger partial charge < -0.3 is 0 Å². The van der Waals surface area contributed by atoms with Gasteiger partial charge in [-0.25, -0.2) is 0 Å². The Balaban J connectivity index is 2.41. The maximum atomic E-state index is 9.47. The van der Waals surface area contributed by atoms with Gasteiger partial charge in [-0.2, -0.15) is 5.26 Å². The summed E-state index contributed by atoms with van der Waals surface area (Å²) in [5.41, 5.74) is 2.00. The van der Waals surface area contributed by atoms with E-state index in [4.69, 9.17) is 0 Å². The molecule has 0 heterocycles. The summed E-state index contributed by atoms with van der Waals surface area (Å²) < 4.78 is 0. The lowest BCUT2D eigenvalue weighted by Crippen LogP contribution is -1.91. The standard InChI is InChI=1S/C18H15N/c1-2-5-13-8-10-16-15-7-4-3-6-14(15)9-11-17(16)18(13)12-19/h3-4,6-11H,2,5H2,1H3. The fourth-order valence-electron chi connectivity index (χ4n) is 2.74. The third-order valence-electron chi connectivity index (χ3n) is 3.64. The molecule has 0 aromatic heterocycles. The third-order valence-corrected chi connectivity index (χ3v) is 3.64. The van der Waals surface area contributed by atoms with Crippen molar-refractivity contribution in [3.63, 3.8) is 0 Å². The van der Waals surface area contributed by atoms with Crippen molar-refractivity contribution in [3.8, 4) is 6.07 Å². The van der Waals surface area contributed by atoms with Crippen LogP contribution in [0.1, 0.15) is 24.5 Å². The Morgan fingerprint density at radius 2 is 1.68 bits per heavy atom. The third kappa shape index (κ3) is 1.86. The van der Waals surface area contributed by atoms with Crippen LogP contribution in [-0.2, 0) is 6.42 Å². The minimum absolute atomic E-state index is 0.838. The minimum atomic E-state index is 0.838. The zero-order valence-electron chi connectivity index (χ0n) is 11.0. The van der Waals surface area contributed by atoms with Crippen molar-refractivity contribution in [1.82, 2.24) is 0 Å². The number of nitriles is 1. The van der Waals surface area contributed by atoms with E-state index in [0.717, 1.165) is 29.4 Å². The van der Waals surface area contributed by atoms with Gasteiger partial charge in [-0.15, -0.1) is 0 Å². The highest BCUT2D eigenvalue weighted by molar-refractivity contribution is 6.09. The van der Waals surface area contributed by atoms with Crippen LogP contribution in [0.25, 0.3) is 21.5 Å². The molecule has 0 fully saturated rings. The van der Waals surface area contributed by atoms with Gasteiger partial charge in [0.15, 0.2) is 0 Å². The first-order chi connectivity index (χ1) is 9.35. The Morgan fingerprint density at radius 3 is 2.47 bits per heavy atom. The van der Waals surface area contributed by atoms with E-state index in [2.05, 4.69) is 49.4 Å². The lowest BCUT2D eigenvalue weighted by Gasteiger charge is -2.09. The second-order valence-corrected chi connectivity index (χ2v) is 4.84. The zero-order valence-corrected chi connectivity index (χ0v) is 11.0. The van der Waals surface area contributed by atoms with Crippen molar-refractivity contribution < 1.29 is 0 Å². The molecule has 3 aromatic carbocycles. The van der Waals surface area contributed by atoms with Gasteiger partial charge in [0.05, 0.1) is 5.56 Å². The molecule has 3 rings (SSSR count). The van der Waals surface area contributed by atoms with Crippen LogP contribution < -0.4 is 0 Å². The van der Waals surface area contributed by atoms with Crippen LogP contribution in [0, 0.1) is 11.3 Å². The molecule has 3 aromatic rings. The topological polar surface area (TPSA) is 23.8 Å². The summed E-state index contributed by atoms with van der Waals surface area (Å²) in [5, 5.41) is 14.2.